The third kappa shape index (κ3) is 1.55. The van der Waals surface area contributed by atoms with Crippen LogP contribution in [-0.4, -0.2) is 17.2 Å². The molecule has 0 aliphatic heterocycles. The predicted molar refractivity (Wildman–Crippen MR) is 52.3 cm³/mol. The average molecular weight is 190 g/mol. The molecule has 0 spiro atoms. The lowest BCUT2D eigenvalue weighted by Crippen LogP contribution is -2.29. The van der Waals surface area contributed by atoms with Crippen molar-refractivity contribution >= 4 is 23.6 Å². The number of benzene rings is 1. The Hall–Kier alpha value is -1.59. The Kier molecular flexibility index (Phi) is 2.11. The molecule has 14 heavy (non-hydrogen) atoms. The van der Waals surface area contributed by atoms with Gasteiger partial charge in [0.15, 0.2) is 0 Å². The van der Waals surface area contributed by atoms with Crippen LogP contribution in [0.1, 0.15) is 0 Å². The molecule has 2 rings (SSSR count). The fourth-order valence-electron chi connectivity index (χ4n) is 1.24. The summed E-state index contributed by atoms with van der Waals surface area (Å²) in [4.78, 5) is 10.9. The fourth-order valence-corrected chi connectivity index (χ4v) is 1.24. The van der Waals surface area contributed by atoms with Crippen LogP contribution in [0.25, 0.3) is 11.0 Å². The summed E-state index contributed by atoms with van der Waals surface area (Å²) >= 11 is 0. The summed E-state index contributed by atoms with van der Waals surface area (Å²) in [7, 11) is -1.55. The Morgan fingerprint density at radius 2 is 1.86 bits per heavy atom. The molecule has 0 saturated heterocycles. The van der Waals surface area contributed by atoms with Crippen molar-refractivity contribution in [1.82, 2.24) is 0 Å². The largest absolute Gasteiger partial charge is 0.488 e. The van der Waals surface area contributed by atoms with Gasteiger partial charge in [-0.05, 0) is 17.6 Å². The molecular weight excluding hydrogens is 183 g/mol. The van der Waals surface area contributed by atoms with Crippen LogP contribution in [0.3, 0.4) is 0 Å². The molecule has 0 aliphatic rings. The monoisotopic (exact) mass is 190 g/mol. The van der Waals surface area contributed by atoms with Gasteiger partial charge in [0, 0.05) is 11.5 Å². The smallest absolute Gasteiger partial charge is 0.423 e. The molecule has 0 amide bonds. The Bertz CT molecular complexity index is 517. The summed E-state index contributed by atoms with van der Waals surface area (Å²) < 4.78 is 4.87. The second-order valence-electron chi connectivity index (χ2n) is 2.93. The van der Waals surface area contributed by atoms with Gasteiger partial charge in [-0.25, -0.2) is 4.79 Å². The summed E-state index contributed by atoms with van der Waals surface area (Å²) in [6, 6.07) is 7.59. The van der Waals surface area contributed by atoms with Gasteiger partial charge in [0.05, 0.1) is 0 Å². The molecule has 2 N–H and O–H groups in total. The molecule has 0 unspecified atom stereocenters. The van der Waals surface area contributed by atoms with Crippen LogP contribution in [0.15, 0.2) is 39.5 Å². The zero-order valence-corrected chi connectivity index (χ0v) is 7.18. The molecule has 1 aromatic carbocycles. The first-order valence-electron chi connectivity index (χ1n) is 4.07. The lowest BCUT2D eigenvalue weighted by atomic mass is 9.80. The molecule has 0 fully saturated rings. The fraction of sp³-hybridized carbons (Fsp3) is 0. The van der Waals surface area contributed by atoms with Crippen LogP contribution < -0.4 is 11.1 Å². The van der Waals surface area contributed by atoms with Gasteiger partial charge >= 0.3 is 12.7 Å². The maximum absolute atomic E-state index is 10.9. The summed E-state index contributed by atoms with van der Waals surface area (Å²) in [6.45, 7) is 0. The standard InChI is InChI=1S/C9H7BO4/c11-9-4-2-6-1-3-7(10(12)13)5-8(6)14-9/h1-5,12-13H. The molecule has 1 heterocycles. The van der Waals surface area contributed by atoms with Gasteiger partial charge in [-0.2, -0.15) is 0 Å². The van der Waals surface area contributed by atoms with Gasteiger partial charge in [-0.3, -0.25) is 0 Å². The quantitative estimate of drug-likeness (QED) is 0.468. The zero-order chi connectivity index (χ0) is 10.1. The highest BCUT2D eigenvalue weighted by atomic mass is 16.4. The topological polar surface area (TPSA) is 70.7 Å². The maximum atomic E-state index is 10.9. The lowest BCUT2D eigenvalue weighted by molar-refractivity contribution is 0.425. The van der Waals surface area contributed by atoms with Crippen LogP contribution in [0.4, 0.5) is 0 Å². The van der Waals surface area contributed by atoms with Crippen LogP contribution in [0.5, 0.6) is 0 Å². The van der Waals surface area contributed by atoms with E-state index in [0.717, 1.165) is 5.39 Å². The second kappa shape index (κ2) is 3.28. The Morgan fingerprint density at radius 1 is 1.14 bits per heavy atom. The molecule has 70 valence electrons. The summed E-state index contributed by atoms with van der Waals surface area (Å²) in [5.41, 5.74) is 0.192. The van der Waals surface area contributed by atoms with Crippen molar-refractivity contribution in [3.8, 4) is 0 Å². The van der Waals surface area contributed by atoms with Crippen molar-refractivity contribution < 1.29 is 14.5 Å². The van der Waals surface area contributed by atoms with Crippen molar-refractivity contribution in [2.45, 2.75) is 0 Å². The van der Waals surface area contributed by atoms with Gasteiger partial charge in [-0.15, -0.1) is 0 Å². The van der Waals surface area contributed by atoms with Crippen LogP contribution in [0, 0.1) is 0 Å². The minimum absolute atomic E-state index is 0.298. The summed E-state index contributed by atoms with van der Waals surface area (Å²) in [5, 5.41) is 18.5. The van der Waals surface area contributed by atoms with Crippen molar-refractivity contribution in [3.63, 3.8) is 0 Å². The third-order valence-electron chi connectivity index (χ3n) is 1.95. The molecular formula is C9H7BO4. The van der Waals surface area contributed by atoms with E-state index >= 15 is 0 Å². The summed E-state index contributed by atoms with van der Waals surface area (Å²) in [6.07, 6.45) is 0. The lowest BCUT2D eigenvalue weighted by Gasteiger charge is -2.00. The zero-order valence-electron chi connectivity index (χ0n) is 7.18. The van der Waals surface area contributed by atoms with E-state index in [1.54, 1.807) is 18.2 Å². The highest BCUT2D eigenvalue weighted by molar-refractivity contribution is 6.58. The van der Waals surface area contributed by atoms with Crippen molar-refractivity contribution in [2.75, 3.05) is 0 Å². The number of hydrogen-bond acceptors (Lipinski definition) is 4. The van der Waals surface area contributed by atoms with E-state index in [4.69, 9.17) is 14.5 Å². The minimum Gasteiger partial charge on any atom is -0.423 e. The van der Waals surface area contributed by atoms with Gasteiger partial charge in [0.25, 0.3) is 0 Å². The Balaban J connectivity index is 2.69. The normalized spacial score (nSPS) is 10.4. The molecule has 0 aliphatic carbocycles. The van der Waals surface area contributed by atoms with Crippen LogP contribution in [0.2, 0.25) is 0 Å². The van der Waals surface area contributed by atoms with Crippen LogP contribution >= 0.6 is 0 Å². The molecule has 1 aromatic heterocycles. The molecule has 0 bridgehead atoms. The van der Waals surface area contributed by atoms with E-state index in [1.165, 1.54) is 12.1 Å². The minimum atomic E-state index is -1.55. The van der Waals surface area contributed by atoms with E-state index in [2.05, 4.69) is 0 Å². The number of rotatable bonds is 1. The Labute approximate surface area is 79.6 Å². The van der Waals surface area contributed by atoms with Crippen molar-refractivity contribution in [1.29, 1.82) is 0 Å². The summed E-state index contributed by atoms with van der Waals surface area (Å²) in [5.74, 6) is 0. The SMILES string of the molecule is O=c1ccc2ccc(B(O)O)cc2o1. The average Bonchev–Trinajstić information content (AvgIpc) is 2.16. The first-order chi connectivity index (χ1) is 6.66. The second-order valence-corrected chi connectivity index (χ2v) is 2.93. The third-order valence-corrected chi connectivity index (χ3v) is 1.95. The van der Waals surface area contributed by atoms with Crippen molar-refractivity contribution in [2.24, 2.45) is 0 Å². The molecule has 4 nitrogen and oxygen atoms in total. The molecule has 2 aromatic rings. The highest BCUT2D eigenvalue weighted by Crippen LogP contribution is 2.08. The van der Waals surface area contributed by atoms with E-state index in [-0.39, 0.29) is 0 Å². The van der Waals surface area contributed by atoms with Gasteiger partial charge in [-0.1, -0.05) is 12.1 Å². The van der Waals surface area contributed by atoms with Crippen LogP contribution in [-0.2, 0) is 0 Å². The molecule has 0 atom stereocenters. The Morgan fingerprint density at radius 3 is 2.57 bits per heavy atom. The van der Waals surface area contributed by atoms with E-state index in [9.17, 15) is 4.79 Å². The highest BCUT2D eigenvalue weighted by Gasteiger charge is 2.11. The van der Waals surface area contributed by atoms with E-state index in [1.807, 2.05) is 0 Å². The first-order valence-corrected chi connectivity index (χ1v) is 4.07. The molecule has 0 radical (unpaired) electrons. The maximum Gasteiger partial charge on any atom is 0.488 e. The molecule has 5 heteroatoms. The van der Waals surface area contributed by atoms with Gasteiger partial charge in [0.2, 0.25) is 0 Å². The number of fused-ring (bicyclic) bond motifs is 1. The van der Waals surface area contributed by atoms with E-state index in [0.29, 0.717) is 11.0 Å². The number of hydrogen-bond donors (Lipinski definition) is 2. The predicted octanol–water partition coefficient (Wildman–Crippen LogP) is -0.527. The van der Waals surface area contributed by atoms with Crippen molar-refractivity contribution in [3.05, 3.63) is 40.8 Å². The molecule has 0 saturated carbocycles. The van der Waals surface area contributed by atoms with Gasteiger partial charge < -0.3 is 14.5 Å². The van der Waals surface area contributed by atoms with Gasteiger partial charge in [0.1, 0.15) is 5.58 Å². The first kappa shape index (κ1) is 8.99. The van der Waals surface area contributed by atoms with E-state index < -0.39 is 12.7 Å².